The van der Waals surface area contributed by atoms with Crippen molar-refractivity contribution in [3.63, 3.8) is 0 Å². The molecule has 0 saturated carbocycles. The molecule has 0 aliphatic rings. The Bertz CT molecular complexity index is 805. The zero-order valence-electron chi connectivity index (χ0n) is 11.1. The molecule has 3 aromatic rings. The Labute approximate surface area is 126 Å². The van der Waals surface area contributed by atoms with Crippen LogP contribution in [0.5, 0.6) is 0 Å². The van der Waals surface area contributed by atoms with Crippen molar-refractivity contribution < 1.29 is 4.39 Å². The summed E-state index contributed by atoms with van der Waals surface area (Å²) in [6.45, 7) is 0.536. The van der Waals surface area contributed by atoms with Crippen LogP contribution in [0.15, 0.2) is 48.7 Å². The minimum atomic E-state index is -0.414. The van der Waals surface area contributed by atoms with Crippen molar-refractivity contribution in [3.8, 4) is 0 Å². The minimum Gasteiger partial charge on any atom is -0.397 e. The molecule has 2 aromatic carbocycles. The van der Waals surface area contributed by atoms with Gasteiger partial charge in [0.15, 0.2) is 0 Å². The van der Waals surface area contributed by atoms with Gasteiger partial charge in [-0.3, -0.25) is 4.98 Å². The summed E-state index contributed by atoms with van der Waals surface area (Å²) in [5.74, 6) is -0.414. The molecule has 21 heavy (non-hydrogen) atoms. The van der Waals surface area contributed by atoms with Crippen molar-refractivity contribution in [2.75, 3.05) is 11.1 Å². The van der Waals surface area contributed by atoms with E-state index in [0.717, 1.165) is 22.2 Å². The third-order valence-electron chi connectivity index (χ3n) is 3.27. The number of nitrogens with two attached hydrogens (primary N) is 1. The molecule has 5 heteroatoms. The summed E-state index contributed by atoms with van der Waals surface area (Å²) in [5, 5.41) is 4.37. The van der Waals surface area contributed by atoms with E-state index in [-0.39, 0.29) is 5.02 Å². The number of fused-ring (bicyclic) bond motifs is 1. The first-order valence-electron chi connectivity index (χ1n) is 6.46. The molecule has 0 amide bonds. The van der Waals surface area contributed by atoms with E-state index in [1.807, 2.05) is 24.3 Å². The fraction of sp³-hybridized carbons (Fsp3) is 0.0625. The Hall–Kier alpha value is -2.33. The lowest BCUT2D eigenvalue weighted by molar-refractivity contribution is 0.627. The van der Waals surface area contributed by atoms with Gasteiger partial charge in [0.2, 0.25) is 0 Å². The number of nitrogen functional groups attached to an aromatic ring is 1. The smallest absolute Gasteiger partial charge is 0.141 e. The van der Waals surface area contributed by atoms with Crippen LogP contribution < -0.4 is 11.1 Å². The zero-order chi connectivity index (χ0) is 14.8. The summed E-state index contributed by atoms with van der Waals surface area (Å²) < 4.78 is 13.1. The van der Waals surface area contributed by atoms with Gasteiger partial charge in [-0.2, -0.15) is 0 Å². The van der Waals surface area contributed by atoms with Crippen LogP contribution in [0.25, 0.3) is 10.9 Å². The number of aromatic nitrogens is 1. The van der Waals surface area contributed by atoms with Crippen LogP contribution in [0.4, 0.5) is 15.8 Å². The second kappa shape index (κ2) is 5.58. The summed E-state index contributed by atoms with van der Waals surface area (Å²) in [5.41, 5.74) is 9.15. The standard InChI is InChI=1S/C16H13ClFN3/c17-12-8-10(3-4-13(12)18)9-21-15-6-5-14(19)16-11(15)2-1-7-20-16/h1-8,21H,9,19H2. The first kappa shape index (κ1) is 13.6. The molecule has 3 N–H and O–H groups in total. The molecular weight excluding hydrogens is 289 g/mol. The van der Waals surface area contributed by atoms with Gasteiger partial charge in [0.25, 0.3) is 0 Å². The number of benzene rings is 2. The fourth-order valence-electron chi connectivity index (χ4n) is 2.20. The topological polar surface area (TPSA) is 50.9 Å². The molecule has 0 saturated heterocycles. The van der Waals surface area contributed by atoms with Crippen LogP contribution in [0.2, 0.25) is 5.02 Å². The summed E-state index contributed by atoms with van der Waals surface area (Å²) in [6.07, 6.45) is 1.71. The normalized spacial score (nSPS) is 10.8. The third-order valence-corrected chi connectivity index (χ3v) is 3.56. The molecule has 3 rings (SSSR count). The van der Waals surface area contributed by atoms with Gasteiger partial charge in [-0.25, -0.2) is 4.39 Å². The first-order valence-corrected chi connectivity index (χ1v) is 6.84. The van der Waals surface area contributed by atoms with Gasteiger partial charge >= 0.3 is 0 Å². The molecule has 0 unspecified atom stereocenters. The van der Waals surface area contributed by atoms with Crippen LogP contribution >= 0.6 is 11.6 Å². The van der Waals surface area contributed by atoms with E-state index in [9.17, 15) is 4.39 Å². The lowest BCUT2D eigenvalue weighted by Crippen LogP contribution is -2.01. The van der Waals surface area contributed by atoms with Gasteiger partial charge in [-0.15, -0.1) is 0 Å². The van der Waals surface area contributed by atoms with E-state index in [0.29, 0.717) is 12.2 Å². The number of nitrogens with one attached hydrogen (secondary N) is 1. The average molecular weight is 302 g/mol. The van der Waals surface area contributed by atoms with Crippen molar-refractivity contribution in [1.29, 1.82) is 0 Å². The number of pyridine rings is 1. The summed E-state index contributed by atoms with van der Waals surface area (Å²) in [4.78, 5) is 4.29. The third kappa shape index (κ3) is 2.76. The Morgan fingerprint density at radius 2 is 2.05 bits per heavy atom. The quantitative estimate of drug-likeness (QED) is 0.712. The zero-order valence-corrected chi connectivity index (χ0v) is 11.9. The maximum absolute atomic E-state index is 13.1. The van der Waals surface area contributed by atoms with Crippen LogP contribution in [0.1, 0.15) is 5.56 Å². The molecule has 106 valence electrons. The van der Waals surface area contributed by atoms with Crippen molar-refractivity contribution in [2.24, 2.45) is 0 Å². The molecular formula is C16H13ClFN3. The highest BCUT2D eigenvalue weighted by molar-refractivity contribution is 6.30. The maximum Gasteiger partial charge on any atom is 0.141 e. The Kier molecular flexibility index (Phi) is 3.62. The van der Waals surface area contributed by atoms with Crippen molar-refractivity contribution in [1.82, 2.24) is 4.98 Å². The van der Waals surface area contributed by atoms with Crippen LogP contribution in [0.3, 0.4) is 0 Å². The van der Waals surface area contributed by atoms with E-state index < -0.39 is 5.82 Å². The molecule has 0 bridgehead atoms. The van der Waals surface area contributed by atoms with Crippen molar-refractivity contribution >= 4 is 33.9 Å². The molecule has 0 spiro atoms. The highest BCUT2D eigenvalue weighted by atomic mass is 35.5. The second-order valence-electron chi connectivity index (χ2n) is 4.70. The highest BCUT2D eigenvalue weighted by Crippen LogP contribution is 2.27. The lowest BCUT2D eigenvalue weighted by Gasteiger charge is -2.11. The monoisotopic (exact) mass is 301 g/mol. The number of halogens is 2. The molecule has 0 aliphatic carbocycles. The number of anilines is 2. The van der Waals surface area contributed by atoms with Crippen molar-refractivity contribution in [3.05, 3.63) is 65.1 Å². The Morgan fingerprint density at radius 1 is 1.19 bits per heavy atom. The molecule has 0 radical (unpaired) electrons. The Morgan fingerprint density at radius 3 is 2.86 bits per heavy atom. The number of rotatable bonds is 3. The second-order valence-corrected chi connectivity index (χ2v) is 5.11. The first-order chi connectivity index (χ1) is 10.1. The largest absolute Gasteiger partial charge is 0.397 e. The minimum absolute atomic E-state index is 0.123. The van der Waals surface area contributed by atoms with Crippen LogP contribution in [-0.4, -0.2) is 4.98 Å². The summed E-state index contributed by atoms with van der Waals surface area (Å²) in [7, 11) is 0. The Balaban J connectivity index is 1.88. The predicted octanol–water partition coefficient (Wildman–Crippen LogP) is 4.22. The molecule has 0 aliphatic heterocycles. The number of nitrogens with zero attached hydrogens (tertiary/aromatic N) is 1. The van der Waals surface area contributed by atoms with Gasteiger partial charge in [0, 0.05) is 23.8 Å². The predicted molar refractivity (Wildman–Crippen MR) is 84.9 cm³/mol. The lowest BCUT2D eigenvalue weighted by atomic mass is 10.1. The van der Waals surface area contributed by atoms with Gasteiger partial charge in [-0.1, -0.05) is 17.7 Å². The average Bonchev–Trinajstić information content (AvgIpc) is 2.50. The maximum atomic E-state index is 13.1. The van der Waals surface area contributed by atoms with E-state index in [1.54, 1.807) is 18.3 Å². The van der Waals surface area contributed by atoms with Gasteiger partial charge in [-0.05, 0) is 42.0 Å². The molecule has 1 heterocycles. The SMILES string of the molecule is Nc1ccc(NCc2ccc(F)c(Cl)c2)c2cccnc12. The number of hydrogen-bond donors (Lipinski definition) is 2. The molecule has 0 fully saturated rings. The summed E-state index contributed by atoms with van der Waals surface area (Å²) >= 11 is 5.78. The van der Waals surface area contributed by atoms with E-state index in [2.05, 4.69) is 10.3 Å². The van der Waals surface area contributed by atoms with Gasteiger partial charge < -0.3 is 11.1 Å². The van der Waals surface area contributed by atoms with Crippen LogP contribution in [-0.2, 0) is 6.54 Å². The molecule has 3 nitrogen and oxygen atoms in total. The number of hydrogen-bond acceptors (Lipinski definition) is 3. The van der Waals surface area contributed by atoms with Gasteiger partial charge in [0.1, 0.15) is 5.82 Å². The molecule has 0 atom stereocenters. The van der Waals surface area contributed by atoms with E-state index in [1.165, 1.54) is 6.07 Å². The van der Waals surface area contributed by atoms with Crippen LogP contribution in [0, 0.1) is 5.82 Å². The fourth-order valence-corrected chi connectivity index (χ4v) is 2.40. The molecule has 1 aromatic heterocycles. The van der Waals surface area contributed by atoms with E-state index >= 15 is 0 Å². The van der Waals surface area contributed by atoms with Crippen molar-refractivity contribution in [2.45, 2.75) is 6.54 Å². The highest BCUT2D eigenvalue weighted by Gasteiger charge is 2.05. The summed E-state index contributed by atoms with van der Waals surface area (Å²) in [6, 6.07) is 12.2. The van der Waals surface area contributed by atoms with E-state index in [4.69, 9.17) is 17.3 Å². The van der Waals surface area contributed by atoms with Gasteiger partial charge in [0.05, 0.1) is 16.2 Å².